The Kier molecular flexibility index (Phi) is 3.09. The molecule has 0 aromatic heterocycles. The Morgan fingerprint density at radius 2 is 2.25 bits per heavy atom. The van der Waals surface area contributed by atoms with Crippen molar-refractivity contribution in [3.63, 3.8) is 0 Å². The summed E-state index contributed by atoms with van der Waals surface area (Å²) >= 11 is 0. The van der Waals surface area contributed by atoms with Gasteiger partial charge >= 0.3 is 0 Å². The summed E-state index contributed by atoms with van der Waals surface area (Å²) in [6, 6.07) is 0. The van der Waals surface area contributed by atoms with Crippen LogP contribution < -0.4 is 5.32 Å². The van der Waals surface area contributed by atoms with E-state index in [4.69, 9.17) is 0 Å². The van der Waals surface area contributed by atoms with E-state index in [1.165, 1.54) is 11.1 Å². The van der Waals surface area contributed by atoms with Gasteiger partial charge < -0.3 is 5.32 Å². The van der Waals surface area contributed by atoms with E-state index in [0.29, 0.717) is 0 Å². The Labute approximate surface area is 74.1 Å². The number of aliphatic imine (C=N–C) groups is 1. The average Bonchev–Trinajstić information content (AvgIpc) is 2.20. The molecule has 1 aliphatic heterocycles. The molecule has 0 amide bonds. The van der Waals surface area contributed by atoms with Crippen molar-refractivity contribution in [2.75, 3.05) is 6.54 Å². The molecule has 2 heteroatoms. The third-order valence-corrected chi connectivity index (χ3v) is 1.88. The van der Waals surface area contributed by atoms with Crippen molar-refractivity contribution in [3.05, 3.63) is 23.0 Å². The number of nitrogens with zero attached hydrogens (tertiary/aromatic N) is 1. The highest BCUT2D eigenvalue weighted by Gasteiger charge is 2.01. The zero-order valence-corrected chi connectivity index (χ0v) is 8.02. The molecule has 0 aliphatic carbocycles. The highest BCUT2D eigenvalue weighted by Crippen LogP contribution is 2.12. The summed E-state index contributed by atoms with van der Waals surface area (Å²) in [5.41, 5.74) is 2.55. The summed E-state index contributed by atoms with van der Waals surface area (Å²) in [6.07, 6.45) is 5.12. The molecule has 0 fully saturated rings. The van der Waals surface area contributed by atoms with Crippen molar-refractivity contribution in [1.29, 1.82) is 0 Å². The predicted molar refractivity (Wildman–Crippen MR) is 53.2 cm³/mol. The van der Waals surface area contributed by atoms with Crippen LogP contribution in [-0.2, 0) is 0 Å². The molecule has 0 spiro atoms. The maximum atomic E-state index is 4.35. The number of hydrogen-bond donors (Lipinski definition) is 1. The topological polar surface area (TPSA) is 24.4 Å². The first-order valence-electron chi connectivity index (χ1n) is 4.38. The van der Waals surface area contributed by atoms with Crippen LogP contribution in [0, 0.1) is 0 Å². The first kappa shape index (κ1) is 9.04. The molecule has 1 aliphatic rings. The molecule has 0 radical (unpaired) electrons. The Hall–Kier alpha value is -1.05. The highest BCUT2D eigenvalue weighted by molar-refractivity contribution is 5.79. The lowest BCUT2D eigenvalue weighted by atomic mass is 10.2. The van der Waals surface area contributed by atoms with Gasteiger partial charge in [0.15, 0.2) is 0 Å². The lowest BCUT2D eigenvalue weighted by molar-refractivity contribution is 0.820. The molecular formula is C10H16N2. The number of nitrogens with one attached hydrogen (secondary N) is 1. The van der Waals surface area contributed by atoms with Crippen LogP contribution in [0.2, 0.25) is 0 Å². The van der Waals surface area contributed by atoms with Crippen molar-refractivity contribution in [2.45, 2.75) is 27.2 Å². The number of hydrogen-bond acceptors (Lipinski definition) is 2. The summed E-state index contributed by atoms with van der Waals surface area (Å²) in [7, 11) is 0. The third kappa shape index (κ3) is 2.22. The lowest BCUT2D eigenvalue weighted by Crippen LogP contribution is -2.12. The molecule has 66 valence electrons. The second-order valence-electron chi connectivity index (χ2n) is 3.07. The standard InChI is InChI=1S/C10H16N2/c1-4-11-10-9(3)6-5-8(2)7-12-10/h5,7,11H,4,6H2,1-3H3. The van der Waals surface area contributed by atoms with Gasteiger partial charge in [-0.25, -0.2) is 4.99 Å². The molecule has 0 bridgehead atoms. The fraction of sp³-hybridized carbons (Fsp3) is 0.500. The molecular weight excluding hydrogens is 148 g/mol. The highest BCUT2D eigenvalue weighted by atomic mass is 15.0. The maximum Gasteiger partial charge on any atom is 0.125 e. The minimum absolute atomic E-state index is 0.934. The van der Waals surface area contributed by atoms with Gasteiger partial charge in [0, 0.05) is 12.8 Å². The van der Waals surface area contributed by atoms with Crippen LogP contribution in [-0.4, -0.2) is 12.8 Å². The van der Waals surface area contributed by atoms with Gasteiger partial charge in [-0.15, -0.1) is 0 Å². The quantitative estimate of drug-likeness (QED) is 0.665. The zero-order valence-electron chi connectivity index (χ0n) is 8.02. The fourth-order valence-electron chi connectivity index (χ4n) is 1.10. The molecule has 0 saturated heterocycles. The minimum Gasteiger partial charge on any atom is -0.370 e. The molecule has 2 nitrogen and oxygen atoms in total. The first-order chi connectivity index (χ1) is 5.74. The summed E-state index contributed by atoms with van der Waals surface area (Å²) in [4.78, 5) is 4.35. The van der Waals surface area contributed by atoms with E-state index in [1.807, 2.05) is 6.21 Å². The van der Waals surface area contributed by atoms with Crippen LogP contribution >= 0.6 is 0 Å². The second-order valence-corrected chi connectivity index (χ2v) is 3.07. The minimum atomic E-state index is 0.934. The molecule has 0 unspecified atom stereocenters. The van der Waals surface area contributed by atoms with Crippen LogP contribution in [0.1, 0.15) is 27.2 Å². The second kappa shape index (κ2) is 4.10. The Morgan fingerprint density at radius 1 is 1.50 bits per heavy atom. The Morgan fingerprint density at radius 3 is 2.92 bits per heavy atom. The smallest absolute Gasteiger partial charge is 0.125 e. The molecule has 0 aromatic rings. The first-order valence-corrected chi connectivity index (χ1v) is 4.38. The normalized spacial score (nSPS) is 17.4. The number of allylic oxidation sites excluding steroid dienone is 3. The molecule has 1 heterocycles. The molecule has 0 aromatic carbocycles. The van der Waals surface area contributed by atoms with Gasteiger partial charge in [0.25, 0.3) is 0 Å². The summed E-state index contributed by atoms with van der Waals surface area (Å²) in [5.74, 6) is 1.03. The van der Waals surface area contributed by atoms with Crippen molar-refractivity contribution in [2.24, 2.45) is 4.99 Å². The van der Waals surface area contributed by atoms with Crippen LogP contribution in [0.25, 0.3) is 0 Å². The van der Waals surface area contributed by atoms with E-state index in [2.05, 4.69) is 37.2 Å². The Balaban J connectivity index is 2.78. The van der Waals surface area contributed by atoms with E-state index < -0.39 is 0 Å². The largest absolute Gasteiger partial charge is 0.370 e. The molecule has 1 rings (SSSR count). The van der Waals surface area contributed by atoms with E-state index in [9.17, 15) is 0 Å². The summed E-state index contributed by atoms with van der Waals surface area (Å²) < 4.78 is 0. The van der Waals surface area contributed by atoms with Crippen LogP contribution in [0.3, 0.4) is 0 Å². The van der Waals surface area contributed by atoms with Gasteiger partial charge in [-0.1, -0.05) is 6.08 Å². The van der Waals surface area contributed by atoms with E-state index in [0.717, 1.165) is 18.8 Å². The van der Waals surface area contributed by atoms with Gasteiger partial charge in [0.05, 0.1) is 0 Å². The van der Waals surface area contributed by atoms with Crippen LogP contribution in [0.5, 0.6) is 0 Å². The SMILES string of the molecule is CCNC1=C(C)CC=C(C)C=N1. The van der Waals surface area contributed by atoms with Crippen molar-refractivity contribution in [3.8, 4) is 0 Å². The monoisotopic (exact) mass is 164 g/mol. The summed E-state index contributed by atoms with van der Waals surface area (Å²) in [5, 5.41) is 3.24. The van der Waals surface area contributed by atoms with Crippen molar-refractivity contribution >= 4 is 6.21 Å². The van der Waals surface area contributed by atoms with Crippen molar-refractivity contribution in [1.82, 2.24) is 5.32 Å². The van der Waals surface area contributed by atoms with Gasteiger partial charge in [-0.3, -0.25) is 0 Å². The fourth-order valence-corrected chi connectivity index (χ4v) is 1.10. The van der Waals surface area contributed by atoms with Gasteiger partial charge in [-0.2, -0.15) is 0 Å². The molecule has 12 heavy (non-hydrogen) atoms. The van der Waals surface area contributed by atoms with Gasteiger partial charge in [0.2, 0.25) is 0 Å². The van der Waals surface area contributed by atoms with Crippen LogP contribution in [0.15, 0.2) is 28.0 Å². The zero-order chi connectivity index (χ0) is 8.97. The van der Waals surface area contributed by atoms with E-state index >= 15 is 0 Å². The van der Waals surface area contributed by atoms with E-state index in [1.54, 1.807) is 0 Å². The van der Waals surface area contributed by atoms with E-state index in [-0.39, 0.29) is 0 Å². The molecule has 0 atom stereocenters. The van der Waals surface area contributed by atoms with Crippen molar-refractivity contribution < 1.29 is 0 Å². The average molecular weight is 164 g/mol. The molecule has 0 saturated carbocycles. The van der Waals surface area contributed by atoms with Crippen LogP contribution in [0.4, 0.5) is 0 Å². The Bertz CT molecular complexity index is 247. The lowest BCUT2D eigenvalue weighted by Gasteiger charge is -2.05. The number of rotatable bonds is 2. The summed E-state index contributed by atoms with van der Waals surface area (Å²) in [6.45, 7) is 7.21. The maximum absolute atomic E-state index is 4.35. The predicted octanol–water partition coefficient (Wildman–Crippen LogP) is 2.25. The third-order valence-electron chi connectivity index (χ3n) is 1.88. The van der Waals surface area contributed by atoms with Gasteiger partial charge in [-0.05, 0) is 38.3 Å². The van der Waals surface area contributed by atoms with Gasteiger partial charge in [0.1, 0.15) is 5.82 Å². The molecule has 1 N–H and O–H groups in total.